The lowest BCUT2D eigenvalue weighted by Gasteiger charge is -2.08. The molecule has 0 N–H and O–H groups in total. The van der Waals surface area contributed by atoms with E-state index in [0.29, 0.717) is 0 Å². The van der Waals surface area contributed by atoms with Crippen LogP contribution in [-0.4, -0.2) is 6.18 Å². The first-order chi connectivity index (χ1) is 8.38. The highest BCUT2D eigenvalue weighted by Crippen LogP contribution is 2.29. The van der Waals surface area contributed by atoms with E-state index in [2.05, 4.69) is 5.73 Å². The minimum atomic E-state index is -4.46. The molecule has 1 aliphatic carbocycles. The Labute approximate surface area is 101 Å². The molecule has 0 heterocycles. The fourth-order valence-electron chi connectivity index (χ4n) is 1.55. The molecule has 0 nitrogen and oxygen atoms in total. The molecule has 0 unspecified atom stereocenters. The van der Waals surface area contributed by atoms with Crippen molar-refractivity contribution in [1.29, 1.82) is 0 Å². The van der Waals surface area contributed by atoms with E-state index in [9.17, 15) is 17.6 Å². The maximum atomic E-state index is 13.5. The molecule has 0 aliphatic heterocycles. The molecular weight excluding hydrogens is 244 g/mol. The minimum Gasteiger partial charge on any atom is -0.206 e. The average Bonchev–Trinajstić information content (AvgIpc) is 2.31. The van der Waals surface area contributed by atoms with Crippen LogP contribution in [0.15, 0.2) is 47.4 Å². The van der Waals surface area contributed by atoms with Crippen LogP contribution >= 0.6 is 0 Å². The molecule has 92 valence electrons. The van der Waals surface area contributed by atoms with Crippen molar-refractivity contribution in [1.82, 2.24) is 0 Å². The third-order valence-electron chi connectivity index (χ3n) is 2.47. The van der Waals surface area contributed by atoms with E-state index in [1.807, 2.05) is 5.73 Å². The van der Waals surface area contributed by atoms with Gasteiger partial charge in [0, 0.05) is 11.1 Å². The van der Waals surface area contributed by atoms with Crippen molar-refractivity contribution in [3.05, 3.63) is 64.3 Å². The van der Waals surface area contributed by atoms with E-state index in [0.717, 1.165) is 11.6 Å². The van der Waals surface area contributed by atoms with Gasteiger partial charge in [0.2, 0.25) is 0 Å². The van der Waals surface area contributed by atoms with Gasteiger partial charge in [-0.3, -0.25) is 0 Å². The minimum absolute atomic E-state index is 0.222. The van der Waals surface area contributed by atoms with Gasteiger partial charge in [0.15, 0.2) is 0 Å². The van der Waals surface area contributed by atoms with E-state index in [-0.39, 0.29) is 11.1 Å². The van der Waals surface area contributed by atoms with E-state index in [1.54, 1.807) is 19.1 Å². The van der Waals surface area contributed by atoms with Crippen LogP contribution in [0.2, 0.25) is 0 Å². The van der Waals surface area contributed by atoms with Crippen molar-refractivity contribution in [3.8, 4) is 0 Å². The largest absolute Gasteiger partial charge is 0.424 e. The Morgan fingerprint density at radius 2 is 1.78 bits per heavy atom. The third-order valence-corrected chi connectivity index (χ3v) is 2.47. The third kappa shape index (κ3) is 2.45. The molecule has 18 heavy (non-hydrogen) atoms. The van der Waals surface area contributed by atoms with Crippen molar-refractivity contribution in [2.24, 2.45) is 0 Å². The highest BCUT2D eigenvalue weighted by molar-refractivity contribution is 5.76. The lowest BCUT2D eigenvalue weighted by molar-refractivity contribution is -0.0879. The van der Waals surface area contributed by atoms with Crippen LogP contribution in [0, 0.1) is 12.7 Å². The maximum Gasteiger partial charge on any atom is 0.424 e. The molecule has 1 aromatic rings. The predicted molar refractivity (Wildman–Crippen MR) is 60.3 cm³/mol. The first-order valence-corrected chi connectivity index (χ1v) is 5.15. The van der Waals surface area contributed by atoms with Gasteiger partial charge in [0.05, 0.1) is 0 Å². The number of aryl methyl sites for hydroxylation is 1. The van der Waals surface area contributed by atoms with Crippen LogP contribution in [0.3, 0.4) is 0 Å². The van der Waals surface area contributed by atoms with Crippen LogP contribution in [-0.2, 0) is 0 Å². The summed E-state index contributed by atoms with van der Waals surface area (Å²) >= 11 is 0. The van der Waals surface area contributed by atoms with Crippen molar-refractivity contribution in [2.75, 3.05) is 0 Å². The number of rotatable bonds is 1. The Kier molecular flexibility index (Phi) is 3.00. The Balaban J connectivity index is 2.56. The monoisotopic (exact) mass is 252 g/mol. The second-order valence-corrected chi connectivity index (χ2v) is 3.89. The normalized spacial score (nSPS) is 14.5. The van der Waals surface area contributed by atoms with Gasteiger partial charge in [0.1, 0.15) is 11.4 Å². The van der Waals surface area contributed by atoms with Gasteiger partial charge in [-0.1, -0.05) is 23.1 Å². The number of hydrogen-bond acceptors (Lipinski definition) is 0. The summed E-state index contributed by atoms with van der Waals surface area (Å²) in [6.07, 6.45) is -2.40. The van der Waals surface area contributed by atoms with Crippen LogP contribution in [0.25, 0.3) is 5.57 Å². The molecule has 1 aromatic carbocycles. The topological polar surface area (TPSA) is 0 Å². The van der Waals surface area contributed by atoms with Crippen molar-refractivity contribution in [3.63, 3.8) is 0 Å². The quantitative estimate of drug-likeness (QED) is 0.515. The fraction of sp³-hybridized carbons (Fsp3) is 0.143. The number of alkyl halides is 3. The predicted octanol–water partition coefficient (Wildman–Crippen LogP) is 4.33. The average molecular weight is 252 g/mol. The van der Waals surface area contributed by atoms with E-state index in [1.165, 1.54) is 12.1 Å². The molecular formula is C14H8F4. The Morgan fingerprint density at radius 3 is 2.33 bits per heavy atom. The Hall–Kier alpha value is -2.02. The summed E-state index contributed by atoms with van der Waals surface area (Å²) in [6, 6.07) is 4.42. The molecule has 0 spiro atoms. The standard InChI is InChI=1S/C14H8F4/c1-9-2-7-13(15)12(8-9)10-3-5-11(6-4-10)14(16,17)18/h2-3,5,7-8H,1H3. The molecule has 0 bridgehead atoms. The SMILES string of the molecule is Cc1ccc(F)c(C2=C=C=C(C(F)(F)F)C=C2)c1. The van der Waals surface area contributed by atoms with Gasteiger partial charge in [-0.25, -0.2) is 4.39 Å². The lowest BCUT2D eigenvalue weighted by Crippen LogP contribution is -2.09. The fourth-order valence-corrected chi connectivity index (χ4v) is 1.55. The summed E-state index contributed by atoms with van der Waals surface area (Å²) < 4.78 is 50.6. The summed E-state index contributed by atoms with van der Waals surface area (Å²) in [6.45, 7) is 1.77. The highest BCUT2D eigenvalue weighted by atomic mass is 19.4. The van der Waals surface area contributed by atoms with E-state index in [4.69, 9.17) is 0 Å². The smallest absolute Gasteiger partial charge is 0.206 e. The number of halogens is 4. The molecule has 0 radical (unpaired) electrons. The molecule has 2 rings (SSSR count). The van der Waals surface area contributed by atoms with Gasteiger partial charge in [-0.05, 0) is 31.2 Å². The van der Waals surface area contributed by atoms with Gasteiger partial charge in [-0.15, -0.1) is 0 Å². The van der Waals surface area contributed by atoms with Crippen LogP contribution in [0.5, 0.6) is 0 Å². The molecule has 4 heteroatoms. The summed E-state index contributed by atoms with van der Waals surface area (Å²) in [5, 5.41) is 0. The molecule has 0 amide bonds. The van der Waals surface area contributed by atoms with Gasteiger partial charge in [0.25, 0.3) is 0 Å². The van der Waals surface area contributed by atoms with Gasteiger partial charge >= 0.3 is 6.18 Å². The Bertz CT molecular complexity index is 620. The number of hydrogen-bond donors (Lipinski definition) is 0. The van der Waals surface area contributed by atoms with Crippen LogP contribution < -0.4 is 0 Å². The first-order valence-electron chi connectivity index (χ1n) is 5.15. The molecule has 0 atom stereocenters. The Morgan fingerprint density at radius 1 is 1.06 bits per heavy atom. The highest BCUT2D eigenvalue weighted by Gasteiger charge is 2.32. The second kappa shape index (κ2) is 4.34. The first kappa shape index (κ1) is 12.4. The van der Waals surface area contributed by atoms with Gasteiger partial charge < -0.3 is 0 Å². The maximum absolute atomic E-state index is 13.5. The molecule has 0 saturated heterocycles. The summed E-state index contributed by atoms with van der Waals surface area (Å²) in [5.41, 5.74) is 4.73. The van der Waals surface area contributed by atoms with Crippen LogP contribution in [0.4, 0.5) is 17.6 Å². The van der Waals surface area contributed by atoms with Gasteiger partial charge in [-0.2, -0.15) is 13.2 Å². The molecule has 0 fully saturated rings. The lowest BCUT2D eigenvalue weighted by atomic mass is 10.0. The molecule has 0 saturated carbocycles. The zero-order chi connectivity index (χ0) is 13.3. The zero-order valence-corrected chi connectivity index (χ0v) is 9.40. The van der Waals surface area contributed by atoms with E-state index >= 15 is 0 Å². The second-order valence-electron chi connectivity index (χ2n) is 3.89. The summed E-state index contributed by atoms with van der Waals surface area (Å²) in [5.74, 6) is -0.495. The molecule has 1 aliphatic rings. The van der Waals surface area contributed by atoms with Crippen molar-refractivity contribution < 1.29 is 17.6 Å². The number of benzene rings is 1. The van der Waals surface area contributed by atoms with Crippen molar-refractivity contribution >= 4 is 5.57 Å². The molecule has 0 aromatic heterocycles. The number of allylic oxidation sites excluding steroid dienone is 4. The van der Waals surface area contributed by atoms with Crippen LogP contribution in [0.1, 0.15) is 11.1 Å². The summed E-state index contributed by atoms with van der Waals surface area (Å²) in [7, 11) is 0. The summed E-state index contributed by atoms with van der Waals surface area (Å²) in [4.78, 5) is 0. The zero-order valence-electron chi connectivity index (χ0n) is 9.40. The van der Waals surface area contributed by atoms with Crippen molar-refractivity contribution in [2.45, 2.75) is 13.1 Å². The van der Waals surface area contributed by atoms with E-state index < -0.39 is 17.6 Å².